The normalized spacial score (nSPS) is 25.5. The molecule has 226 valence electrons. The number of hydrogen-bond acceptors (Lipinski definition) is 5. The van der Waals surface area contributed by atoms with Gasteiger partial charge in [0.15, 0.2) is 5.82 Å². The van der Waals surface area contributed by atoms with Crippen LogP contribution in [0.15, 0.2) is 6.07 Å². The molecule has 3 aliphatic rings. The van der Waals surface area contributed by atoms with Crippen LogP contribution < -0.4 is 4.90 Å². The van der Waals surface area contributed by atoms with Crippen molar-refractivity contribution in [1.82, 2.24) is 14.9 Å². The van der Waals surface area contributed by atoms with E-state index in [1.807, 2.05) is 45.6 Å². The summed E-state index contributed by atoms with van der Waals surface area (Å²) in [5, 5.41) is 0.731. The second-order valence-corrected chi connectivity index (χ2v) is 13.8. The Morgan fingerprint density at radius 3 is 2.44 bits per heavy atom. The number of anilines is 1. The molecule has 41 heavy (non-hydrogen) atoms. The van der Waals surface area contributed by atoms with Gasteiger partial charge in [-0.1, -0.05) is 33.1 Å². The van der Waals surface area contributed by atoms with Crippen LogP contribution in [0.2, 0.25) is 0 Å². The van der Waals surface area contributed by atoms with Crippen molar-refractivity contribution < 1.29 is 18.3 Å². The van der Waals surface area contributed by atoms with Gasteiger partial charge in [0.05, 0.1) is 12.1 Å². The monoisotopic (exact) mass is 570 g/mol. The van der Waals surface area contributed by atoms with Crippen molar-refractivity contribution in [3.05, 3.63) is 28.8 Å². The third kappa shape index (κ3) is 6.17. The highest BCUT2D eigenvalue weighted by molar-refractivity contribution is 5.91. The van der Waals surface area contributed by atoms with Crippen LogP contribution in [-0.4, -0.2) is 57.9 Å². The van der Waals surface area contributed by atoms with E-state index in [4.69, 9.17) is 14.7 Å². The molecular weight excluding hydrogens is 522 g/mol. The number of ether oxygens (including phenoxy) is 1. The summed E-state index contributed by atoms with van der Waals surface area (Å²) in [4.78, 5) is 27.2. The number of unbranched alkanes of at least 4 members (excludes halogenated alkanes) is 1. The molecule has 5 rings (SSSR count). The molecular formula is C33H48F2N4O2. The van der Waals surface area contributed by atoms with Crippen LogP contribution in [0.5, 0.6) is 0 Å². The van der Waals surface area contributed by atoms with Crippen LogP contribution in [0.3, 0.4) is 0 Å². The first-order chi connectivity index (χ1) is 19.4. The topological polar surface area (TPSA) is 58.6 Å². The predicted octanol–water partition coefficient (Wildman–Crippen LogP) is 8.02. The maximum atomic E-state index is 15.8. The van der Waals surface area contributed by atoms with Crippen LogP contribution in [0.25, 0.3) is 10.9 Å². The van der Waals surface area contributed by atoms with Crippen molar-refractivity contribution >= 4 is 22.8 Å². The molecule has 2 saturated heterocycles. The van der Waals surface area contributed by atoms with Crippen molar-refractivity contribution in [3.8, 4) is 0 Å². The Hall–Kier alpha value is -2.51. The van der Waals surface area contributed by atoms with Crippen molar-refractivity contribution in [2.24, 2.45) is 11.8 Å². The second kappa shape index (κ2) is 11.6. The Kier molecular flexibility index (Phi) is 8.51. The first kappa shape index (κ1) is 30.0. The van der Waals surface area contributed by atoms with E-state index in [9.17, 15) is 9.18 Å². The Morgan fingerprint density at radius 2 is 1.83 bits per heavy atom. The number of hydrogen-bond donors (Lipinski definition) is 0. The maximum absolute atomic E-state index is 15.8. The van der Waals surface area contributed by atoms with Gasteiger partial charge in [0, 0.05) is 24.4 Å². The van der Waals surface area contributed by atoms with Crippen LogP contribution in [0.1, 0.15) is 109 Å². The molecule has 8 heteroatoms. The zero-order chi connectivity index (χ0) is 29.6. The SMILES string of the molecule is CCCCC(CC(F)CC)C1CC1c1nc(N2CC3CCC(C2)N3C(=O)OC(C)(C)C)c2cc(C)c(C)c(F)c2n1. The highest BCUT2D eigenvalue weighted by Gasteiger charge is 2.48. The molecule has 0 spiro atoms. The molecule has 1 amide bonds. The Bertz CT molecular complexity index is 1260. The Balaban J connectivity index is 1.47. The highest BCUT2D eigenvalue weighted by Crippen LogP contribution is 2.54. The van der Waals surface area contributed by atoms with Gasteiger partial charge in [-0.2, -0.15) is 0 Å². The van der Waals surface area contributed by atoms with Crippen LogP contribution in [0.4, 0.5) is 19.4 Å². The zero-order valence-electron chi connectivity index (χ0n) is 26.0. The van der Waals surface area contributed by atoms with Crippen LogP contribution in [0, 0.1) is 31.5 Å². The molecule has 2 aliphatic heterocycles. The minimum absolute atomic E-state index is 0.0242. The fourth-order valence-corrected chi connectivity index (χ4v) is 7.05. The number of amides is 1. The summed E-state index contributed by atoms with van der Waals surface area (Å²) >= 11 is 0. The van der Waals surface area contributed by atoms with Gasteiger partial charge in [-0.25, -0.2) is 23.5 Å². The molecule has 6 unspecified atom stereocenters. The Morgan fingerprint density at radius 1 is 1.15 bits per heavy atom. The minimum Gasteiger partial charge on any atom is -0.444 e. The molecule has 1 aliphatic carbocycles. The van der Waals surface area contributed by atoms with Crippen LogP contribution in [-0.2, 0) is 4.74 Å². The molecule has 2 bridgehead atoms. The number of carbonyl (C=O) groups is 1. The molecule has 6 nitrogen and oxygen atoms in total. The van der Waals surface area contributed by atoms with Gasteiger partial charge in [0.1, 0.15) is 28.9 Å². The predicted molar refractivity (Wildman–Crippen MR) is 160 cm³/mol. The largest absolute Gasteiger partial charge is 0.444 e. The van der Waals surface area contributed by atoms with E-state index >= 15 is 4.39 Å². The van der Waals surface area contributed by atoms with E-state index in [1.165, 1.54) is 0 Å². The average molecular weight is 571 g/mol. The third-order valence-corrected chi connectivity index (χ3v) is 9.53. The number of rotatable bonds is 9. The molecule has 6 atom stereocenters. The van der Waals surface area contributed by atoms with Crippen molar-refractivity contribution in [3.63, 3.8) is 0 Å². The fourth-order valence-electron chi connectivity index (χ4n) is 7.05. The summed E-state index contributed by atoms with van der Waals surface area (Å²) in [6, 6.07) is 2.06. The fraction of sp³-hybridized carbons (Fsp3) is 0.727. The van der Waals surface area contributed by atoms with Gasteiger partial charge < -0.3 is 9.64 Å². The summed E-state index contributed by atoms with van der Waals surface area (Å²) in [7, 11) is 0. The lowest BCUT2D eigenvalue weighted by Crippen LogP contribution is -2.57. The van der Waals surface area contributed by atoms with E-state index in [-0.39, 0.29) is 29.9 Å². The van der Waals surface area contributed by atoms with E-state index in [2.05, 4.69) is 11.8 Å². The second-order valence-electron chi connectivity index (χ2n) is 13.8. The highest BCUT2D eigenvalue weighted by atomic mass is 19.1. The number of fused-ring (bicyclic) bond motifs is 3. The number of aromatic nitrogens is 2. The number of benzene rings is 1. The Labute approximate surface area is 244 Å². The van der Waals surface area contributed by atoms with Crippen LogP contribution >= 0.6 is 0 Å². The molecule has 1 saturated carbocycles. The number of piperazine rings is 1. The number of halogens is 2. The summed E-state index contributed by atoms with van der Waals surface area (Å²) in [6.45, 7) is 14.8. The van der Waals surface area contributed by atoms with Crippen molar-refractivity contribution in [2.75, 3.05) is 18.0 Å². The molecule has 2 aromatic rings. The summed E-state index contributed by atoms with van der Waals surface area (Å²) in [5.74, 6) is 1.94. The van der Waals surface area contributed by atoms with Gasteiger partial charge in [-0.15, -0.1) is 0 Å². The molecule has 0 N–H and O–H groups in total. The molecule has 3 fully saturated rings. The van der Waals surface area contributed by atoms with E-state index < -0.39 is 11.8 Å². The van der Waals surface area contributed by atoms with E-state index in [0.29, 0.717) is 54.7 Å². The molecule has 0 radical (unpaired) electrons. The van der Waals surface area contributed by atoms with Crippen molar-refractivity contribution in [2.45, 2.75) is 130 Å². The summed E-state index contributed by atoms with van der Waals surface area (Å²) in [5.41, 5.74) is 1.32. The van der Waals surface area contributed by atoms with Gasteiger partial charge in [0.25, 0.3) is 0 Å². The quantitative estimate of drug-likeness (QED) is 0.306. The number of aryl methyl sites for hydroxylation is 1. The third-order valence-electron chi connectivity index (χ3n) is 9.53. The van der Waals surface area contributed by atoms with Gasteiger partial charge in [0.2, 0.25) is 0 Å². The number of nitrogens with zero attached hydrogens (tertiary/aromatic N) is 4. The molecule has 1 aromatic carbocycles. The lowest BCUT2D eigenvalue weighted by Gasteiger charge is -2.42. The standard InChI is InChI=1S/C33H48F2N4O2/c1-8-10-11-21(15-22(34)9-2)25-16-26(25)30-36-29-27(14-19(3)20(4)28(29)35)31(37-30)38-17-23-12-13-24(18-38)39(23)32(40)41-33(5,6)7/h14,21-26H,8-13,15-18H2,1-7H3. The lowest BCUT2D eigenvalue weighted by atomic mass is 9.89. The van der Waals surface area contributed by atoms with Gasteiger partial charge in [-0.05, 0) is 95.8 Å². The maximum Gasteiger partial charge on any atom is 0.410 e. The van der Waals surface area contributed by atoms with E-state index in [1.54, 1.807) is 6.92 Å². The number of alkyl halides is 1. The minimum atomic E-state index is -0.786. The van der Waals surface area contributed by atoms with Gasteiger partial charge >= 0.3 is 6.09 Å². The molecule has 1 aromatic heterocycles. The summed E-state index contributed by atoms with van der Waals surface area (Å²) < 4.78 is 36.0. The zero-order valence-corrected chi connectivity index (χ0v) is 26.0. The first-order valence-corrected chi connectivity index (χ1v) is 15.8. The lowest BCUT2D eigenvalue weighted by molar-refractivity contribution is 0.0123. The first-order valence-electron chi connectivity index (χ1n) is 15.8. The smallest absolute Gasteiger partial charge is 0.410 e. The summed E-state index contributed by atoms with van der Waals surface area (Å²) in [6.07, 6.45) is 6.03. The van der Waals surface area contributed by atoms with Crippen molar-refractivity contribution in [1.29, 1.82) is 0 Å². The average Bonchev–Trinajstić information content (AvgIpc) is 3.66. The van der Waals surface area contributed by atoms with E-state index in [0.717, 1.165) is 55.3 Å². The molecule has 3 heterocycles. The van der Waals surface area contributed by atoms with Gasteiger partial charge in [-0.3, -0.25) is 4.90 Å². The number of carbonyl (C=O) groups excluding carboxylic acids is 1.